The summed E-state index contributed by atoms with van der Waals surface area (Å²) in [5, 5.41) is 17.8. The zero-order chi connectivity index (χ0) is 20.3. The Morgan fingerprint density at radius 3 is 2.57 bits per heavy atom. The van der Waals surface area contributed by atoms with Gasteiger partial charge in [-0.2, -0.15) is 5.10 Å². The van der Waals surface area contributed by atoms with Crippen LogP contribution in [0.25, 0.3) is 11.3 Å². The first kappa shape index (κ1) is 19.2. The molecule has 28 heavy (non-hydrogen) atoms. The fourth-order valence-corrected chi connectivity index (χ4v) is 2.74. The molecule has 0 radical (unpaired) electrons. The average Bonchev–Trinajstić information content (AvgIpc) is 2.69. The Bertz CT molecular complexity index is 1100. The van der Waals surface area contributed by atoms with Crippen molar-refractivity contribution in [2.45, 2.75) is 13.0 Å². The molecule has 8 nitrogen and oxygen atoms in total. The fraction of sp³-hybridized carbons (Fsp3) is 0.105. The number of aromatic nitrogens is 2. The summed E-state index contributed by atoms with van der Waals surface area (Å²) < 4.78 is 1.07. The lowest BCUT2D eigenvalue weighted by Gasteiger charge is -2.15. The molecule has 0 aliphatic rings. The summed E-state index contributed by atoms with van der Waals surface area (Å²) in [5.41, 5.74) is 0.775. The summed E-state index contributed by atoms with van der Waals surface area (Å²) in [6, 6.07) is 15.1. The lowest BCUT2D eigenvalue weighted by Crippen LogP contribution is -2.33. The third kappa shape index (κ3) is 4.07. The van der Waals surface area contributed by atoms with E-state index >= 15 is 0 Å². The van der Waals surface area contributed by atoms with E-state index in [1.54, 1.807) is 6.07 Å². The number of benzene rings is 2. The van der Waals surface area contributed by atoms with Gasteiger partial charge in [0.1, 0.15) is 11.1 Å². The number of hydrogen-bond acceptors (Lipinski definition) is 5. The molecule has 3 rings (SSSR count). The molecule has 1 amide bonds. The lowest BCUT2D eigenvalue weighted by molar-refractivity contribution is -0.384. The number of hydrogen-bond donors (Lipinski definition) is 1. The van der Waals surface area contributed by atoms with Crippen LogP contribution in [0.5, 0.6) is 0 Å². The van der Waals surface area contributed by atoms with Gasteiger partial charge in [0.25, 0.3) is 11.2 Å². The normalized spacial score (nSPS) is 11.6. The lowest BCUT2D eigenvalue weighted by atomic mass is 10.1. The molecule has 9 heteroatoms. The second kappa shape index (κ2) is 8.01. The molecule has 1 unspecified atom stereocenters. The van der Waals surface area contributed by atoms with E-state index in [0.717, 1.165) is 16.3 Å². The van der Waals surface area contributed by atoms with Crippen LogP contribution in [0, 0.1) is 10.1 Å². The van der Waals surface area contributed by atoms with Crippen LogP contribution in [0.15, 0.2) is 65.5 Å². The van der Waals surface area contributed by atoms with Gasteiger partial charge in [-0.15, -0.1) is 0 Å². The number of nitrogens with one attached hydrogen (secondary N) is 1. The second-order valence-electron chi connectivity index (χ2n) is 5.96. The first-order valence-corrected chi connectivity index (χ1v) is 8.64. The molecule has 3 aromatic rings. The van der Waals surface area contributed by atoms with Crippen molar-refractivity contribution in [3.05, 3.63) is 86.2 Å². The van der Waals surface area contributed by atoms with Gasteiger partial charge >= 0.3 is 0 Å². The van der Waals surface area contributed by atoms with Gasteiger partial charge in [0, 0.05) is 23.4 Å². The number of halogens is 1. The van der Waals surface area contributed by atoms with Crippen LogP contribution in [0.1, 0.15) is 13.0 Å². The molecule has 0 bridgehead atoms. The number of rotatable bonds is 5. The van der Waals surface area contributed by atoms with E-state index in [0.29, 0.717) is 5.69 Å². The molecule has 0 spiro atoms. The van der Waals surface area contributed by atoms with E-state index in [1.165, 1.54) is 25.1 Å². The number of nitrogens with zero attached hydrogens (tertiary/aromatic N) is 3. The zero-order valence-electron chi connectivity index (χ0n) is 14.7. The molecular formula is C19H15ClN4O4. The third-order valence-corrected chi connectivity index (χ3v) is 4.37. The molecule has 0 fully saturated rings. The van der Waals surface area contributed by atoms with Crippen LogP contribution in [-0.2, 0) is 4.79 Å². The number of nitro benzene ring substituents is 1. The minimum absolute atomic E-state index is 0.0375. The summed E-state index contributed by atoms with van der Waals surface area (Å²) in [4.78, 5) is 35.1. The van der Waals surface area contributed by atoms with Gasteiger partial charge in [-0.25, -0.2) is 4.68 Å². The summed E-state index contributed by atoms with van der Waals surface area (Å²) >= 11 is 5.77. The Labute approximate surface area is 164 Å². The fourth-order valence-electron chi connectivity index (χ4n) is 2.55. The van der Waals surface area contributed by atoms with Gasteiger partial charge in [-0.05, 0) is 25.1 Å². The Morgan fingerprint density at radius 2 is 1.89 bits per heavy atom. The van der Waals surface area contributed by atoms with Crippen molar-refractivity contribution in [1.82, 2.24) is 9.78 Å². The minimum Gasteiger partial charge on any atom is -0.324 e. The first-order valence-electron chi connectivity index (χ1n) is 8.27. The van der Waals surface area contributed by atoms with E-state index in [1.807, 2.05) is 30.3 Å². The molecule has 142 valence electrons. The number of nitro groups is 1. The van der Waals surface area contributed by atoms with Crippen molar-refractivity contribution in [3.63, 3.8) is 0 Å². The summed E-state index contributed by atoms with van der Waals surface area (Å²) in [7, 11) is 0. The Balaban J connectivity index is 1.87. The molecule has 1 atom stereocenters. The third-order valence-electron chi connectivity index (χ3n) is 4.05. The highest BCUT2D eigenvalue weighted by atomic mass is 35.5. The average molecular weight is 399 g/mol. The number of amides is 1. The Hall–Kier alpha value is -3.52. The van der Waals surface area contributed by atoms with Gasteiger partial charge in [-0.1, -0.05) is 41.9 Å². The van der Waals surface area contributed by atoms with Crippen molar-refractivity contribution >= 4 is 28.9 Å². The largest absolute Gasteiger partial charge is 0.324 e. The smallest absolute Gasteiger partial charge is 0.289 e. The van der Waals surface area contributed by atoms with Crippen molar-refractivity contribution < 1.29 is 9.72 Å². The highest BCUT2D eigenvalue weighted by Gasteiger charge is 2.20. The number of anilines is 1. The van der Waals surface area contributed by atoms with Gasteiger partial charge in [0.15, 0.2) is 0 Å². The molecule has 2 aromatic carbocycles. The van der Waals surface area contributed by atoms with Crippen LogP contribution < -0.4 is 10.9 Å². The van der Waals surface area contributed by atoms with Crippen molar-refractivity contribution in [3.8, 4) is 11.3 Å². The van der Waals surface area contributed by atoms with Gasteiger partial charge in [0.2, 0.25) is 5.91 Å². The quantitative estimate of drug-likeness (QED) is 0.521. The van der Waals surface area contributed by atoms with Gasteiger partial charge in [0.05, 0.1) is 10.6 Å². The Morgan fingerprint density at radius 1 is 1.18 bits per heavy atom. The summed E-state index contributed by atoms with van der Waals surface area (Å²) in [6.07, 6.45) is 0. The topological polar surface area (TPSA) is 107 Å². The first-order chi connectivity index (χ1) is 13.4. The standard InChI is InChI=1S/C19H15ClN4O4/c1-12(19(26)21-14-7-8-15(20)17(11-14)24(27)28)23-18(25)10-9-16(22-23)13-5-3-2-4-6-13/h2-12H,1H3,(H,21,26). The van der Waals surface area contributed by atoms with Gasteiger partial charge < -0.3 is 5.32 Å². The monoisotopic (exact) mass is 398 g/mol. The molecule has 0 saturated carbocycles. The van der Waals surface area contributed by atoms with Gasteiger partial charge in [-0.3, -0.25) is 19.7 Å². The maximum absolute atomic E-state index is 12.6. The molecule has 1 heterocycles. The molecule has 1 aromatic heterocycles. The minimum atomic E-state index is -0.939. The maximum Gasteiger partial charge on any atom is 0.289 e. The Kier molecular flexibility index (Phi) is 5.51. The van der Waals surface area contributed by atoms with Crippen LogP contribution in [0.4, 0.5) is 11.4 Å². The highest BCUT2D eigenvalue weighted by molar-refractivity contribution is 6.32. The molecule has 0 aliphatic heterocycles. The molecule has 0 saturated heterocycles. The van der Waals surface area contributed by atoms with Crippen LogP contribution in [0.2, 0.25) is 5.02 Å². The predicted molar refractivity (Wildman–Crippen MR) is 105 cm³/mol. The second-order valence-corrected chi connectivity index (χ2v) is 6.36. The SMILES string of the molecule is CC(C(=O)Nc1ccc(Cl)c([N+](=O)[O-])c1)n1nc(-c2ccccc2)ccc1=O. The summed E-state index contributed by atoms with van der Waals surface area (Å²) in [5.74, 6) is -0.545. The molecule has 1 N–H and O–H groups in total. The highest BCUT2D eigenvalue weighted by Crippen LogP contribution is 2.27. The van der Waals surface area contributed by atoms with Crippen LogP contribution in [-0.4, -0.2) is 20.6 Å². The van der Waals surface area contributed by atoms with Crippen LogP contribution in [0.3, 0.4) is 0 Å². The van der Waals surface area contributed by atoms with Crippen molar-refractivity contribution in [2.24, 2.45) is 0 Å². The molecular weight excluding hydrogens is 384 g/mol. The van der Waals surface area contributed by atoms with Crippen LogP contribution >= 0.6 is 11.6 Å². The summed E-state index contributed by atoms with van der Waals surface area (Å²) in [6.45, 7) is 1.52. The number of carbonyl (C=O) groups excluding carboxylic acids is 1. The van der Waals surface area contributed by atoms with E-state index in [4.69, 9.17) is 11.6 Å². The van der Waals surface area contributed by atoms with E-state index in [-0.39, 0.29) is 16.4 Å². The van der Waals surface area contributed by atoms with E-state index < -0.39 is 22.4 Å². The predicted octanol–water partition coefficient (Wildman–Crippen LogP) is 3.67. The van der Waals surface area contributed by atoms with E-state index in [2.05, 4.69) is 10.4 Å². The van der Waals surface area contributed by atoms with Crippen molar-refractivity contribution in [1.29, 1.82) is 0 Å². The maximum atomic E-state index is 12.6. The van der Waals surface area contributed by atoms with E-state index in [9.17, 15) is 19.7 Å². The molecule has 0 aliphatic carbocycles. The van der Waals surface area contributed by atoms with Crippen molar-refractivity contribution in [2.75, 3.05) is 5.32 Å². The zero-order valence-corrected chi connectivity index (χ0v) is 15.5. The number of carbonyl (C=O) groups is 1.